The van der Waals surface area contributed by atoms with Crippen molar-refractivity contribution in [2.45, 2.75) is 13.8 Å². The summed E-state index contributed by atoms with van der Waals surface area (Å²) >= 11 is 6.02. The number of anilines is 2. The number of hydrogen-bond acceptors (Lipinski definition) is 3. The van der Waals surface area contributed by atoms with E-state index in [-0.39, 0.29) is 5.91 Å². The maximum atomic E-state index is 12.1. The van der Waals surface area contributed by atoms with E-state index in [0.29, 0.717) is 16.4 Å². The molecule has 2 rings (SSSR count). The fourth-order valence-electron chi connectivity index (χ4n) is 2.05. The van der Waals surface area contributed by atoms with Gasteiger partial charge in [0.2, 0.25) is 0 Å². The summed E-state index contributed by atoms with van der Waals surface area (Å²) < 4.78 is 0. The van der Waals surface area contributed by atoms with Crippen molar-refractivity contribution in [3.05, 3.63) is 53.3 Å². The third-order valence-corrected chi connectivity index (χ3v) is 3.56. The molecule has 5 heteroatoms. The topological polar surface area (TPSA) is 45.2 Å². The van der Waals surface area contributed by atoms with Crippen LogP contribution in [0.15, 0.2) is 42.6 Å². The molecule has 0 unspecified atom stereocenters. The van der Waals surface area contributed by atoms with E-state index >= 15 is 0 Å². The van der Waals surface area contributed by atoms with Crippen LogP contribution >= 0.6 is 11.6 Å². The van der Waals surface area contributed by atoms with E-state index in [4.69, 9.17) is 11.6 Å². The van der Waals surface area contributed by atoms with Gasteiger partial charge in [0.15, 0.2) is 0 Å². The molecule has 0 radical (unpaired) electrons. The SMILES string of the molecule is CCN(CC)c1ccc(C(=O)Nc2ccccc2Cl)nc1. The predicted octanol–water partition coefficient (Wildman–Crippen LogP) is 3.83. The summed E-state index contributed by atoms with van der Waals surface area (Å²) in [6.45, 7) is 5.98. The molecule has 0 spiro atoms. The summed E-state index contributed by atoms with van der Waals surface area (Å²) in [6.07, 6.45) is 1.72. The Morgan fingerprint density at radius 2 is 1.90 bits per heavy atom. The van der Waals surface area contributed by atoms with Crippen molar-refractivity contribution in [1.29, 1.82) is 0 Å². The number of pyridine rings is 1. The molecule has 0 bridgehead atoms. The number of nitrogens with zero attached hydrogens (tertiary/aromatic N) is 2. The van der Waals surface area contributed by atoms with Crippen molar-refractivity contribution in [1.82, 2.24) is 4.98 Å². The van der Waals surface area contributed by atoms with Gasteiger partial charge in [-0.15, -0.1) is 0 Å². The molecule has 0 aliphatic rings. The number of nitrogens with one attached hydrogen (secondary N) is 1. The van der Waals surface area contributed by atoms with Gasteiger partial charge in [0, 0.05) is 13.1 Å². The lowest BCUT2D eigenvalue weighted by Gasteiger charge is -2.20. The molecule has 4 nitrogen and oxygen atoms in total. The van der Waals surface area contributed by atoms with Gasteiger partial charge in [-0.3, -0.25) is 4.79 Å². The normalized spacial score (nSPS) is 10.2. The molecule has 1 aromatic heterocycles. The third kappa shape index (κ3) is 3.73. The third-order valence-electron chi connectivity index (χ3n) is 3.23. The van der Waals surface area contributed by atoms with Gasteiger partial charge in [-0.1, -0.05) is 23.7 Å². The molecule has 0 aliphatic heterocycles. The Balaban J connectivity index is 2.12. The van der Waals surface area contributed by atoms with Crippen molar-refractivity contribution in [2.24, 2.45) is 0 Å². The van der Waals surface area contributed by atoms with E-state index in [1.54, 1.807) is 24.4 Å². The molecule has 21 heavy (non-hydrogen) atoms. The van der Waals surface area contributed by atoms with Gasteiger partial charge < -0.3 is 10.2 Å². The van der Waals surface area contributed by atoms with E-state index in [1.807, 2.05) is 18.2 Å². The first kappa shape index (κ1) is 15.3. The number of para-hydroxylation sites is 1. The highest BCUT2D eigenvalue weighted by molar-refractivity contribution is 6.33. The number of halogens is 1. The van der Waals surface area contributed by atoms with Crippen molar-refractivity contribution in [3.8, 4) is 0 Å². The lowest BCUT2D eigenvalue weighted by Crippen LogP contribution is -2.22. The maximum absolute atomic E-state index is 12.1. The number of benzene rings is 1. The smallest absolute Gasteiger partial charge is 0.274 e. The number of rotatable bonds is 5. The van der Waals surface area contributed by atoms with E-state index in [1.165, 1.54) is 0 Å². The minimum Gasteiger partial charge on any atom is -0.371 e. The zero-order chi connectivity index (χ0) is 15.2. The number of hydrogen-bond donors (Lipinski definition) is 1. The lowest BCUT2D eigenvalue weighted by molar-refractivity contribution is 0.102. The largest absolute Gasteiger partial charge is 0.371 e. The molecule has 110 valence electrons. The highest BCUT2D eigenvalue weighted by Crippen LogP contribution is 2.21. The second-order valence-electron chi connectivity index (χ2n) is 4.51. The Kier molecular flexibility index (Phi) is 5.17. The monoisotopic (exact) mass is 303 g/mol. The molecular formula is C16H18ClN3O. The van der Waals surface area contributed by atoms with E-state index < -0.39 is 0 Å². The van der Waals surface area contributed by atoms with E-state index in [2.05, 4.69) is 29.0 Å². The summed E-state index contributed by atoms with van der Waals surface area (Å²) in [5.74, 6) is -0.269. The minimum absolute atomic E-state index is 0.269. The van der Waals surface area contributed by atoms with Crippen LogP contribution < -0.4 is 10.2 Å². The van der Waals surface area contributed by atoms with Crippen LogP contribution in [0.3, 0.4) is 0 Å². The Labute approximate surface area is 129 Å². The van der Waals surface area contributed by atoms with Gasteiger partial charge in [0.1, 0.15) is 5.69 Å². The van der Waals surface area contributed by atoms with Crippen LogP contribution in [0.4, 0.5) is 11.4 Å². The Bertz CT molecular complexity index is 609. The van der Waals surface area contributed by atoms with Crippen molar-refractivity contribution < 1.29 is 4.79 Å². The van der Waals surface area contributed by atoms with Crippen LogP contribution in [0.25, 0.3) is 0 Å². The van der Waals surface area contributed by atoms with Crippen LogP contribution in [0.2, 0.25) is 5.02 Å². The molecular weight excluding hydrogens is 286 g/mol. The van der Waals surface area contributed by atoms with Gasteiger partial charge in [-0.25, -0.2) is 4.98 Å². The summed E-state index contributed by atoms with van der Waals surface area (Å²) in [5, 5.41) is 3.26. The van der Waals surface area contributed by atoms with Gasteiger partial charge >= 0.3 is 0 Å². The molecule has 0 aliphatic carbocycles. The molecule has 0 saturated heterocycles. The van der Waals surface area contributed by atoms with E-state index in [0.717, 1.165) is 18.8 Å². The minimum atomic E-state index is -0.269. The highest BCUT2D eigenvalue weighted by Gasteiger charge is 2.10. The average Bonchev–Trinajstić information content (AvgIpc) is 2.51. The summed E-state index contributed by atoms with van der Waals surface area (Å²) in [6, 6.07) is 10.7. The zero-order valence-corrected chi connectivity index (χ0v) is 12.9. The number of aromatic nitrogens is 1. The fraction of sp³-hybridized carbons (Fsp3) is 0.250. The van der Waals surface area contributed by atoms with Gasteiger partial charge in [0.05, 0.1) is 22.6 Å². The Morgan fingerprint density at radius 1 is 1.19 bits per heavy atom. The van der Waals surface area contributed by atoms with Crippen LogP contribution in [0, 0.1) is 0 Å². The maximum Gasteiger partial charge on any atom is 0.274 e. The first-order valence-electron chi connectivity index (χ1n) is 6.92. The van der Waals surface area contributed by atoms with Crippen molar-refractivity contribution in [2.75, 3.05) is 23.3 Å². The number of carbonyl (C=O) groups is 1. The van der Waals surface area contributed by atoms with Crippen LogP contribution in [0.1, 0.15) is 24.3 Å². The molecule has 2 aromatic rings. The first-order chi connectivity index (χ1) is 10.2. The van der Waals surface area contributed by atoms with Crippen LogP contribution in [0.5, 0.6) is 0 Å². The fourth-order valence-corrected chi connectivity index (χ4v) is 2.23. The molecule has 0 fully saturated rings. The van der Waals surface area contributed by atoms with Gasteiger partial charge in [0.25, 0.3) is 5.91 Å². The van der Waals surface area contributed by atoms with Crippen LogP contribution in [-0.4, -0.2) is 24.0 Å². The quantitative estimate of drug-likeness (QED) is 0.913. The lowest BCUT2D eigenvalue weighted by atomic mass is 10.2. The standard InChI is InChI=1S/C16H18ClN3O/c1-3-20(4-2)12-9-10-15(18-11-12)16(21)19-14-8-6-5-7-13(14)17/h5-11H,3-4H2,1-2H3,(H,19,21). The van der Waals surface area contributed by atoms with Gasteiger partial charge in [-0.2, -0.15) is 0 Å². The molecule has 1 aromatic carbocycles. The molecule has 0 saturated carbocycles. The molecule has 1 amide bonds. The van der Waals surface area contributed by atoms with Crippen molar-refractivity contribution >= 4 is 28.9 Å². The van der Waals surface area contributed by atoms with Crippen molar-refractivity contribution in [3.63, 3.8) is 0 Å². The number of amides is 1. The molecule has 1 N–H and O–H groups in total. The highest BCUT2D eigenvalue weighted by atomic mass is 35.5. The summed E-state index contributed by atoms with van der Waals surface area (Å²) in [7, 11) is 0. The zero-order valence-electron chi connectivity index (χ0n) is 12.1. The number of carbonyl (C=O) groups excluding carboxylic acids is 1. The molecule has 0 atom stereocenters. The first-order valence-corrected chi connectivity index (χ1v) is 7.30. The van der Waals surface area contributed by atoms with Crippen LogP contribution in [-0.2, 0) is 0 Å². The molecule has 1 heterocycles. The second kappa shape index (κ2) is 7.09. The summed E-state index contributed by atoms with van der Waals surface area (Å²) in [5.41, 5.74) is 1.96. The van der Waals surface area contributed by atoms with E-state index in [9.17, 15) is 4.79 Å². The Morgan fingerprint density at radius 3 is 2.48 bits per heavy atom. The Hall–Kier alpha value is -2.07. The predicted molar refractivity (Wildman–Crippen MR) is 87.2 cm³/mol. The second-order valence-corrected chi connectivity index (χ2v) is 4.92. The average molecular weight is 304 g/mol. The van der Waals surface area contributed by atoms with Gasteiger partial charge in [-0.05, 0) is 38.1 Å². The summed E-state index contributed by atoms with van der Waals surface area (Å²) in [4.78, 5) is 18.5.